The standard InChI is InChI=1S/C29H56N4O6/c1-12-19(7)24(32-27(37)25(20(8)13-2)33-28(38)39-29(9,10)11)26(36)31-21(14-17(3)4)22(34)15-23(35)30-16-18(5)6/h17-22,24-25,34H,12-16H2,1-11H3,(H,30,35)(H,31,36)(H,32,37)(H,33,38)/t19?,20?,21-,22?,24-,25-/m0/s1. The molecule has 0 heterocycles. The minimum Gasteiger partial charge on any atom is -0.444 e. The summed E-state index contributed by atoms with van der Waals surface area (Å²) < 4.78 is 5.34. The Kier molecular flexibility index (Phi) is 16.3. The molecule has 4 amide bonds. The summed E-state index contributed by atoms with van der Waals surface area (Å²) >= 11 is 0. The Morgan fingerprint density at radius 3 is 1.69 bits per heavy atom. The molecule has 5 N–H and O–H groups in total. The molecule has 0 saturated carbocycles. The van der Waals surface area contributed by atoms with E-state index < -0.39 is 47.7 Å². The highest BCUT2D eigenvalue weighted by molar-refractivity contribution is 5.91. The third-order valence-corrected chi connectivity index (χ3v) is 6.58. The molecule has 10 heteroatoms. The van der Waals surface area contributed by atoms with Crippen molar-refractivity contribution >= 4 is 23.8 Å². The highest BCUT2D eigenvalue weighted by atomic mass is 16.6. The van der Waals surface area contributed by atoms with Crippen LogP contribution in [0.25, 0.3) is 0 Å². The van der Waals surface area contributed by atoms with Crippen LogP contribution in [0, 0.1) is 23.7 Å². The molecule has 3 unspecified atom stereocenters. The minimum atomic E-state index is -1.08. The number of aliphatic hydroxyl groups is 1. The Labute approximate surface area is 236 Å². The largest absolute Gasteiger partial charge is 0.444 e. The highest BCUT2D eigenvalue weighted by Crippen LogP contribution is 2.16. The van der Waals surface area contributed by atoms with E-state index in [1.807, 2.05) is 55.4 Å². The van der Waals surface area contributed by atoms with Crippen LogP contribution in [0.15, 0.2) is 0 Å². The van der Waals surface area contributed by atoms with Crippen LogP contribution >= 0.6 is 0 Å². The molecule has 0 spiro atoms. The monoisotopic (exact) mass is 556 g/mol. The molecular weight excluding hydrogens is 500 g/mol. The second kappa shape index (κ2) is 17.4. The summed E-state index contributed by atoms with van der Waals surface area (Å²) in [7, 11) is 0. The second-order valence-corrected chi connectivity index (χ2v) is 12.6. The Morgan fingerprint density at radius 2 is 1.26 bits per heavy atom. The van der Waals surface area contributed by atoms with E-state index in [0.717, 1.165) is 0 Å². The lowest BCUT2D eigenvalue weighted by Gasteiger charge is -2.32. The van der Waals surface area contributed by atoms with Crippen molar-refractivity contribution in [1.82, 2.24) is 21.3 Å². The molecule has 0 aromatic heterocycles. The van der Waals surface area contributed by atoms with E-state index in [9.17, 15) is 24.3 Å². The molecule has 0 aliphatic heterocycles. The number of hydrogen-bond acceptors (Lipinski definition) is 6. The average molecular weight is 557 g/mol. The van der Waals surface area contributed by atoms with Crippen LogP contribution in [0.3, 0.4) is 0 Å². The summed E-state index contributed by atoms with van der Waals surface area (Å²) in [6.45, 7) is 21.2. The van der Waals surface area contributed by atoms with Crippen molar-refractivity contribution in [2.24, 2.45) is 23.7 Å². The number of aliphatic hydroxyl groups excluding tert-OH is 1. The van der Waals surface area contributed by atoms with Gasteiger partial charge in [0.1, 0.15) is 17.7 Å². The Hall–Kier alpha value is -2.36. The smallest absolute Gasteiger partial charge is 0.408 e. The summed E-state index contributed by atoms with van der Waals surface area (Å²) in [5.41, 5.74) is -0.725. The maximum absolute atomic E-state index is 13.5. The quantitative estimate of drug-likeness (QED) is 0.197. The number of alkyl carbamates (subject to hydrolysis) is 1. The molecular formula is C29H56N4O6. The van der Waals surface area contributed by atoms with E-state index in [2.05, 4.69) is 21.3 Å². The summed E-state index contributed by atoms with van der Waals surface area (Å²) in [4.78, 5) is 51.7. The molecule has 228 valence electrons. The summed E-state index contributed by atoms with van der Waals surface area (Å²) in [5, 5.41) is 22.1. The number of carbonyl (C=O) groups excluding carboxylic acids is 4. The Bertz CT molecular complexity index is 780. The molecule has 0 bridgehead atoms. The first kappa shape index (κ1) is 36.6. The average Bonchev–Trinajstić information content (AvgIpc) is 2.81. The third-order valence-electron chi connectivity index (χ3n) is 6.58. The fourth-order valence-electron chi connectivity index (χ4n) is 3.90. The van der Waals surface area contributed by atoms with Crippen LogP contribution in [0.1, 0.15) is 102 Å². The van der Waals surface area contributed by atoms with Gasteiger partial charge in [-0.25, -0.2) is 4.79 Å². The molecule has 10 nitrogen and oxygen atoms in total. The van der Waals surface area contributed by atoms with E-state index in [-0.39, 0.29) is 36.0 Å². The van der Waals surface area contributed by atoms with E-state index in [1.165, 1.54) is 0 Å². The molecule has 0 rings (SSSR count). The molecule has 0 aromatic rings. The lowest BCUT2D eigenvalue weighted by molar-refractivity contribution is -0.133. The van der Waals surface area contributed by atoms with Crippen LogP contribution in [-0.2, 0) is 19.1 Å². The summed E-state index contributed by atoms with van der Waals surface area (Å²) in [5.74, 6) is -1.21. The van der Waals surface area contributed by atoms with Gasteiger partial charge in [-0.15, -0.1) is 0 Å². The Balaban J connectivity index is 5.73. The van der Waals surface area contributed by atoms with Gasteiger partial charge < -0.3 is 31.1 Å². The van der Waals surface area contributed by atoms with Gasteiger partial charge >= 0.3 is 6.09 Å². The van der Waals surface area contributed by atoms with Gasteiger partial charge in [0.15, 0.2) is 0 Å². The first-order chi connectivity index (χ1) is 17.9. The lowest BCUT2D eigenvalue weighted by atomic mass is 9.93. The zero-order chi connectivity index (χ0) is 30.5. The van der Waals surface area contributed by atoms with Gasteiger partial charge in [-0.1, -0.05) is 68.2 Å². The van der Waals surface area contributed by atoms with Crippen LogP contribution in [0.2, 0.25) is 0 Å². The van der Waals surface area contributed by atoms with E-state index in [0.29, 0.717) is 25.8 Å². The van der Waals surface area contributed by atoms with Gasteiger partial charge in [0.05, 0.1) is 18.6 Å². The van der Waals surface area contributed by atoms with Gasteiger partial charge in [-0.3, -0.25) is 14.4 Å². The molecule has 0 radical (unpaired) electrons. The molecule has 0 aliphatic carbocycles. The normalized spacial score (nSPS) is 16.5. The van der Waals surface area contributed by atoms with Crippen LogP contribution in [-0.4, -0.2) is 65.3 Å². The number of carbonyl (C=O) groups is 4. The molecule has 6 atom stereocenters. The summed E-state index contributed by atoms with van der Waals surface area (Å²) in [6.07, 6.45) is -0.236. The van der Waals surface area contributed by atoms with E-state index >= 15 is 0 Å². The predicted octanol–water partition coefficient (Wildman–Crippen LogP) is 3.51. The zero-order valence-corrected chi connectivity index (χ0v) is 26.1. The fraction of sp³-hybridized carbons (Fsp3) is 0.862. The topological polar surface area (TPSA) is 146 Å². The lowest BCUT2D eigenvalue weighted by Crippen LogP contribution is -2.59. The summed E-state index contributed by atoms with van der Waals surface area (Å²) in [6, 6.07) is -2.46. The maximum atomic E-state index is 13.5. The fourth-order valence-corrected chi connectivity index (χ4v) is 3.90. The predicted molar refractivity (Wildman–Crippen MR) is 154 cm³/mol. The van der Waals surface area contributed by atoms with Crippen molar-refractivity contribution in [3.8, 4) is 0 Å². The Morgan fingerprint density at radius 1 is 0.769 bits per heavy atom. The number of hydrogen-bond donors (Lipinski definition) is 5. The van der Waals surface area contributed by atoms with Crippen molar-refractivity contribution in [2.45, 2.75) is 132 Å². The molecule has 0 aromatic carbocycles. The second-order valence-electron chi connectivity index (χ2n) is 12.6. The third kappa shape index (κ3) is 15.1. The molecule has 0 aliphatic rings. The van der Waals surface area contributed by atoms with Crippen molar-refractivity contribution < 1.29 is 29.0 Å². The number of amides is 4. The van der Waals surface area contributed by atoms with Gasteiger partial charge in [-0.05, 0) is 50.9 Å². The van der Waals surface area contributed by atoms with Crippen LogP contribution in [0.5, 0.6) is 0 Å². The van der Waals surface area contributed by atoms with Crippen molar-refractivity contribution in [2.75, 3.05) is 6.54 Å². The highest BCUT2D eigenvalue weighted by Gasteiger charge is 2.35. The van der Waals surface area contributed by atoms with E-state index in [4.69, 9.17) is 4.74 Å². The van der Waals surface area contributed by atoms with Crippen LogP contribution in [0.4, 0.5) is 4.79 Å². The SMILES string of the molecule is CCC(C)[C@H](NC(=O)OC(C)(C)C)C(=O)N[C@H](C(=O)N[C@@H](CC(C)C)C(O)CC(=O)NCC(C)C)C(C)CC. The molecule has 39 heavy (non-hydrogen) atoms. The van der Waals surface area contributed by atoms with Gasteiger partial charge in [0.25, 0.3) is 0 Å². The van der Waals surface area contributed by atoms with Gasteiger partial charge in [-0.2, -0.15) is 0 Å². The number of ether oxygens (including phenoxy) is 1. The zero-order valence-electron chi connectivity index (χ0n) is 26.1. The molecule has 0 fully saturated rings. The van der Waals surface area contributed by atoms with E-state index in [1.54, 1.807) is 20.8 Å². The number of nitrogens with one attached hydrogen (secondary N) is 4. The first-order valence-electron chi connectivity index (χ1n) is 14.5. The van der Waals surface area contributed by atoms with Crippen LogP contribution < -0.4 is 21.3 Å². The van der Waals surface area contributed by atoms with Gasteiger partial charge in [0, 0.05) is 6.54 Å². The number of rotatable bonds is 16. The van der Waals surface area contributed by atoms with Crippen molar-refractivity contribution in [1.29, 1.82) is 0 Å². The maximum Gasteiger partial charge on any atom is 0.408 e. The van der Waals surface area contributed by atoms with Crippen molar-refractivity contribution in [3.05, 3.63) is 0 Å². The van der Waals surface area contributed by atoms with Crippen molar-refractivity contribution in [3.63, 3.8) is 0 Å². The molecule has 0 saturated heterocycles. The first-order valence-corrected chi connectivity index (χ1v) is 14.5. The van der Waals surface area contributed by atoms with Gasteiger partial charge in [0.2, 0.25) is 17.7 Å². The minimum absolute atomic E-state index is 0.138.